The van der Waals surface area contributed by atoms with Crippen molar-refractivity contribution in [1.29, 1.82) is 0 Å². The standard InChI is InChI=1S/Ag.Cu.Li.4O.V.H/q+1;+2;;4*-2;+5;. The fourth-order valence-corrected chi connectivity index (χ4v) is 0. The minimum absolute atomic E-state index is 0. The van der Waals surface area contributed by atoms with Gasteiger partial charge in [-0.2, -0.15) is 0 Å². The predicted molar refractivity (Wildman–Crippen MR) is 9.89 cm³/mol. The Kier molecular flexibility index (Phi) is 2600. The van der Waals surface area contributed by atoms with Gasteiger partial charge in [0, 0.05) is 0 Å². The Labute approximate surface area is 97.8 Å². The Hall–Kier alpha value is 2.28. The van der Waals surface area contributed by atoms with Gasteiger partial charge in [-0.1, -0.05) is 0 Å². The summed E-state index contributed by atoms with van der Waals surface area (Å²) in [6.07, 6.45) is 0. The van der Waals surface area contributed by atoms with Crippen molar-refractivity contribution >= 4 is 18.9 Å². The van der Waals surface area contributed by atoms with Gasteiger partial charge in [-0.15, -0.1) is 0 Å². The van der Waals surface area contributed by atoms with Gasteiger partial charge in [0.25, 0.3) is 0 Å². The van der Waals surface area contributed by atoms with E-state index in [0.29, 0.717) is 0 Å². The zero-order valence-corrected chi connectivity index (χ0v) is 6.50. The van der Waals surface area contributed by atoms with E-state index in [2.05, 4.69) is 0 Å². The maximum absolute atomic E-state index is 0. The molecule has 53 valence electrons. The molecule has 0 N–H and O–H groups in total. The number of rotatable bonds is 0. The third-order valence-corrected chi connectivity index (χ3v) is 0. The summed E-state index contributed by atoms with van der Waals surface area (Å²) in [6.45, 7) is 0. The summed E-state index contributed by atoms with van der Waals surface area (Å²) in [7, 11) is 0. The van der Waals surface area contributed by atoms with Crippen molar-refractivity contribution in [3.63, 3.8) is 0 Å². The van der Waals surface area contributed by atoms with Gasteiger partial charge in [0.15, 0.2) is 0 Å². The van der Waals surface area contributed by atoms with Crippen LogP contribution in [0.4, 0.5) is 0 Å². The van der Waals surface area contributed by atoms with Crippen LogP contribution in [0.25, 0.3) is 0 Å². The van der Waals surface area contributed by atoms with Gasteiger partial charge >= 0.3 is 76.9 Å². The van der Waals surface area contributed by atoms with Crippen LogP contribution in [0.3, 0.4) is 0 Å². The van der Waals surface area contributed by atoms with Crippen LogP contribution in [-0.4, -0.2) is 18.9 Å². The van der Waals surface area contributed by atoms with Crippen LogP contribution >= 0.6 is 0 Å². The number of hydrogen-bond donors (Lipinski definition) is 0. The van der Waals surface area contributed by atoms with E-state index >= 15 is 0 Å². The normalized spacial score (nSPS) is 0. The van der Waals surface area contributed by atoms with Gasteiger partial charge in [-0.3, -0.25) is 0 Å². The molecular weight excluding hydrogens is 293 g/mol. The molecule has 0 saturated carbocycles. The first-order valence-electron chi connectivity index (χ1n) is 0. The molecule has 0 aliphatic rings. The molecule has 1 radical (unpaired) electrons. The minimum atomic E-state index is 0. The van der Waals surface area contributed by atoms with E-state index in [4.69, 9.17) is 0 Å². The largest absolute Gasteiger partial charge is 5.00 e. The van der Waals surface area contributed by atoms with Crippen molar-refractivity contribution in [3.8, 4) is 0 Å². The summed E-state index contributed by atoms with van der Waals surface area (Å²) < 4.78 is 0. The molecule has 0 heterocycles. The van der Waals surface area contributed by atoms with Crippen molar-refractivity contribution in [2.24, 2.45) is 0 Å². The van der Waals surface area contributed by atoms with Gasteiger partial charge in [-0.25, -0.2) is 0 Å². The van der Waals surface area contributed by atoms with Gasteiger partial charge in [0.2, 0.25) is 0 Å². The van der Waals surface area contributed by atoms with Crippen molar-refractivity contribution < 1.29 is 79.9 Å². The van der Waals surface area contributed by atoms with Crippen molar-refractivity contribution in [2.45, 2.75) is 0 Å². The van der Waals surface area contributed by atoms with Crippen LogP contribution in [0.1, 0.15) is 0 Å². The smallest absolute Gasteiger partial charge is 2.00 e. The molecule has 0 amide bonds. The first kappa shape index (κ1) is 170. The number of hydrogen-bond acceptors (Lipinski definition) is 0. The molecule has 8 heteroatoms. The molecular formula is HAgCuLiO4V. The molecule has 0 saturated heterocycles. The van der Waals surface area contributed by atoms with Gasteiger partial charge in [0.05, 0.1) is 0 Å². The van der Waals surface area contributed by atoms with Crippen LogP contribution in [0.2, 0.25) is 0 Å². The Balaban J connectivity index is 0. The minimum Gasteiger partial charge on any atom is -2.00 e. The van der Waals surface area contributed by atoms with E-state index in [1.165, 1.54) is 0 Å². The SMILES string of the molecule is [Ag+].[Cu+2].[LiH].[O-2].[O-2].[O-2].[O-2].[V+5]. The van der Waals surface area contributed by atoms with Crippen molar-refractivity contribution in [2.75, 3.05) is 0 Å². The van der Waals surface area contributed by atoms with Gasteiger partial charge in [0.1, 0.15) is 0 Å². The molecule has 0 spiro atoms. The quantitative estimate of drug-likeness (QED) is 0.503. The Morgan fingerprint density at radius 3 is 0.625 bits per heavy atom. The molecule has 8 heavy (non-hydrogen) atoms. The predicted octanol–water partition coefficient (Wildman–Crippen LogP) is -1.13. The summed E-state index contributed by atoms with van der Waals surface area (Å²) >= 11 is 0. The second kappa shape index (κ2) is 122. The van der Waals surface area contributed by atoms with Crippen LogP contribution in [0.5, 0.6) is 0 Å². The molecule has 0 bridgehead atoms. The van der Waals surface area contributed by atoms with Crippen LogP contribution in [0.15, 0.2) is 0 Å². The van der Waals surface area contributed by atoms with E-state index in [-0.39, 0.29) is 98.8 Å². The average Bonchev–Trinajstić information content (AvgIpc) is 0. The van der Waals surface area contributed by atoms with Crippen LogP contribution in [0, 0.1) is 0 Å². The van der Waals surface area contributed by atoms with Gasteiger partial charge < -0.3 is 21.9 Å². The molecule has 0 fully saturated rings. The van der Waals surface area contributed by atoms with E-state index in [1.54, 1.807) is 0 Å². The second-order valence-corrected chi connectivity index (χ2v) is 0. The average molecular weight is 294 g/mol. The monoisotopic (exact) mass is 293 g/mol. The third kappa shape index (κ3) is 84.4. The first-order chi connectivity index (χ1) is 0. The maximum atomic E-state index is 0. The van der Waals surface area contributed by atoms with Crippen molar-refractivity contribution in [3.05, 3.63) is 0 Å². The van der Waals surface area contributed by atoms with E-state index in [1.807, 2.05) is 0 Å². The summed E-state index contributed by atoms with van der Waals surface area (Å²) in [5, 5.41) is 0. The molecule has 0 aliphatic heterocycles. The molecule has 0 aromatic heterocycles. The third-order valence-electron chi connectivity index (χ3n) is 0. The first-order valence-corrected chi connectivity index (χ1v) is 0. The fourth-order valence-electron chi connectivity index (χ4n) is 0. The van der Waals surface area contributed by atoms with Crippen molar-refractivity contribution in [1.82, 2.24) is 0 Å². The van der Waals surface area contributed by atoms with Crippen LogP contribution in [-0.2, 0) is 79.9 Å². The summed E-state index contributed by atoms with van der Waals surface area (Å²) in [5.74, 6) is 0. The van der Waals surface area contributed by atoms with E-state index in [0.717, 1.165) is 0 Å². The molecule has 4 nitrogen and oxygen atoms in total. The molecule has 0 atom stereocenters. The maximum Gasteiger partial charge on any atom is 5.00 e. The fraction of sp³-hybridized carbons (Fsp3) is 0. The molecule has 0 unspecified atom stereocenters. The van der Waals surface area contributed by atoms with E-state index in [9.17, 15) is 0 Å². The van der Waals surface area contributed by atoms with Crippen LogP contribution < -0.4 is 0 Å². The summed E-state index contributed by atoms with van der Waals surface area (Å²) in [5.41, 5.74) is 0. The van der Waals surface area contributed by atoms with E-state index < -0.39 is 0 Å². The Morgan fingerprint density at radius 1 is 0.625 bits per heavy atom. The van der Waals surface area contributed by atoms with Gasteiger partial charge in [-0.05, 0) is 0 Å². The second-order valence-electron chi connectivity index (χ2n) is 0. The Bertz CT molecular complexity index is 16.0. The molecule has 0 aromatic carbocycles. The zero-order chi connectivity index (χ0) is 0. The topological polar surface area (TPSA) is 114 Å². The zero-order valence-electron chi connectivity index (χ0n) is 2.68. The molecule has 0 aromatic rings. The molecule has 0 aliphatic carbocycles. The Morgan fingerprint density at radius 2 is 0.625 bits per heavy atom. The molecule has 0 rings (SSSR count). The summed E-state index contributed by atoms with van der Waals surface area (Å²) in [6, 6.07) is 0. The summed E-state index contributed by atoms with van der Waals surface area (Å²) in [4.78, 5) is 0.